The lowest BCUT2D eigenvalue weighted by Gasteiger charge is -2.60. The van der Waals surface area contributed by atoms with Crippen molar-refractivity contribution in [1.29, 1.82) is 0 Å². The Labute approximate surface area is 137 Å². The summed E-state index contributed by atoms with van der Waals surface area (Å²) in [6, 6.07) is 12.9. The third-order valence-corrected chi connectivity index (χ3v) is 6.69. The topological polar surface area (TPSA) is 25.8 Å². The highest BCUT2D eigenvalue weighted by atomic mass is 14.8. The maximum absolute atomic E-state index is 5.11. The molecule has 0 spiro atoms. The van der Waals surface area contributed by atoms with Crippen LogP contribution in [0.2, 0.25) is 0 Å². The molecular weight excluding hydrogens is 280 g/mol. The highest BCUT2D eigenvalue weighted by molar-refractivity contribution is 6.02. The minimum Gasteiger partial charge on any atom is -0.254 e. The van der Waals surface area contributed by atoms with E-state index in [2.05, 4.69) is 49.2 Å². The molecule has 6 rings (SSSR count). The van der Waals surface area contributed by atoms with Crippen LogP contribution in [-0.4, -0.2) is 9.97 Å². The number of benzene rings is 1. The van der Waals surface area contributed by atoms with E-state index in [1.54, 1.807) is 0 Å². The minimum absolute atomic E-state index is 0.497. The molecule has 0 N–H and O–H groups in total. The van der Waals surface area contributed by atoms with E-state index >= 15 is 0 Å². The van der Waals surface area contributed by atoms with Crippen LogP contribution in [0, 0.1) is 17.3 Å². The SMILES string of the molecule is CC1(C)[C@H]2CCC(c3ccc4ccc5cccnc5c4n3)[C@@H]1C2. The summed E-state index contributed by atoms with van der Waals surface area (Å²) in [6.07, 6.45) is 5.93. The van der Waals surface area contributed by atoms with Crippen LogP contribution < -0.4 is 0 Å². The predicted octanol–water partition coefficient (Wildman–Crippen LogP) is 5.32. The zero-order chi connectivity index (χ0) is 15.6. The van der Waals surface area contributed by atoms with Gasteiger partial charge in [-0.15, -0.1) is 0 Å². The largest absolute Gasteiger partial charge is 0.254 e. The molecule has 0 aliphatic heterocycles. The first-order valence-corrected chi connectivity index (χ1v) is 8.79. The molecule has 1 unspecified atom stereocenters. The normalized spacial score (nSPS) is 28.7. The first-order valence-electron chi connectivity index (χ1n) is 8.79. The molecule has 2 heterocycles. The standard InChI is InChI=1S/C21H22N2/c1-21(2)15-8-9-16(17(21)12-15)18-10-7-14-6-5-13-4-3-11-22-19(13)20(14)23-18/h3-7,10-11,15-17H,8-9,12H2,1-2H3/t15-,16?,17-/m0/s1. The van der Waals surface area contributed by atoms with Crippen LogP contribution in [0.5, 0.6) is 0 Å². The van der Waals surface area contributed by atoms with Gasteiger partial charge in [0.1, 0.15) is 0 Å². The van der Waals surface area contributed by atoms with Crippen molar-refractivity contribution in [1.82, 2.24) is 9.97 Å². The number of aromatic nitrogens is 2. The van der Waals surface area contributed by atoms with Crippen LogP contribution in [0.3, 0.4) is 0 Å². The van der Waals surface area contributed by atoms with Gasteiger partial charge >= 0.3 is 0 Å². The van der Waals surface area contributed by atoms with E-state index in [0.717, 1.165) is 22.9 Å². The van der Waals surface area contributed by atoms with Crippen LogP contribution in [0.15, 0.2) is 42.6 Å². The van der Waals surface area contributed by atoms with Crippen LogP contribution >= 0.6 is 0 Å². The van der Waals surface area contributed by atoms with E-state index in [4.69, 9.17) is 4.98 Å². The fraction of sp³-hybridized carbons (Fsp3) is 0.429. The van der Waals surface area contributed by atoms with Gasteiger partial charge in [-0.05, 0) is 48.6 Å². The summed E-state index contributed by atoms with van der Waals surface area (Å²) in [4.78, 5) is 9.70. The maximum atomic E-state index is 5.11. The Bertz CT molecular complexity index is 910. The zero-order valence-corrected chi connectivity index (χ0v) is 13.8. The molecule has 2 bridgehead atoms. The first-order chi connectivity index (χ1) is 11.1. The second-order valence-electron chi connectivity index (χ2n) is 7.99. The predicted molar refractivity (Wildman–Crippen MR) is 94.4 cm³/mol. The van der Waals surface area contributed by atoms with Crippen LogP contribution in [-0.2, 0) is 0 Å². The summed E-state index contributed by atoms with van der Waals surface area (Å²) in [5.41, 5.74) is 3.89. The highest BCUT2D eigenvalue weighted by Crippen LogP contribution is 2.63. The van der Waals surface area contributed by atoms with Gasteiger partial charge in [0.2, 0.25) is 0 Å². The Hall–Kier alpha value is -1.96. The Balaban J connectivity index is 1.66. The van der Waals surface area contributed by atoms with Crippen molar-refractivity contribution in [3.8, 4) is 0 Å². The zero-order valence-electron chi connectivity index (χ0n) is 13.8. The van der Waals surface area contributed by atoms with Gasteiger partial charge in [0.15, 0.2) is 0 Å². The summed E-state index contributed by atoms with van der Waals surface area (Å²) in [6.45, 7) is 4.91. The number of hydrogen-bond donors (Lipinski definition) is 0. The molecule has 3 aliphatic carbocycles. The Morgan fingerprint density at radius 2 is 1.74 bits per heavy atom. The molecule has 3 atom stereocenters. The lowest BCUT2D eigenvalue weighted by molar-refractivity contribution is -0.0813. The van der Waals surface area contributed by atoms with Gasteiger partial charge in [0.25, 0.3) is 0 Å². The average Bonchev–Trinajstić information content (AvgIpc) is 2.61. The second kappa shape index (κ2) is 4.53. The van der Waals surface area contributed by atoms with E-state index < -0.39 is 0 Å². The van der Waals surface area contributed by atoms with Gasteiger partial charge in [0.05, 0.1) is 11.0 Å². The van der Waals surface area contributed by atoms with Gasteiger partial charge in [-0.2, -0.15) is 0 Å². The fourth-order valence-corrected chi connectivity index (χ4v) is 5.11. The molecule has 2 aromatic heterocycles. The molecule has 3 saturated carbocycles. The van der Waals surface area contributed by atoms with E-state index in [1.165, 1.54) is 35.7 Å². The van der Waals surface area contributed by atoms with Crippen molar-refractivity contribution in [2.45, 2.75) is 39.0 Å². The number of rotatable bonds is 1. The Morgan fingerprint density at radius 1 is 0.957 bits per heavy atom. The van der Waals surface area contributed by atoms with Gasteiger partial charge in [-0.25, -0.2) is 0 Å². The Kier molecular flexibility index (Phi) is 2.66. The molecule has 116 valence electrons. The van der Waals surface area contributed by atoms with E-state index in [1.807, 2.05) is 12.3 Å². The smallest absolute Gasteiger partial charge is 0.0967 e. The Morgan fingerprint density at radius 3 is 2.52 bits per heavy atom. The molecule has 1 aromatic carbocycles. The quantitative estimate of drug-likeness (QED) is 0.568. The van der Waals surface area contributed by atoms with E-state index in [0.29, 0.717) is 11.3 Å². The molecule has 3 aliphatic rings. The summed E-state index contributed by atoms with van der Waals surface area (Å²) < 4.78 is 0. The van der Waals surface area contributed by atoms with Gasteiger partial charge in [-0.3, -0.25) is 9.97 Å². The van der Waals surface area contributed by atoms with Gasteiger partial charge in [-0.1, -0.05) is 38.1 Å². The first kappa shape index (κ1) is 13.5. The number of fused-ring (bicyclic) bond motifs is 5. The summed E-state index contributed by atoms with van der Waals surface area (Å²) in [7, 11) is 0. The number of nitrogens with zero attached hydrogens (tertiary/aromatic N) is 2. The molecule has 23 heavy (non-hydrogen) atoms. The molecule has 2 nitrogen and oxygen atoms in total. The minimum atomic E-state index is 0.497. The summed E-state index contributed by atoms with van der Waals surface area (Å²) >= 11 is 0. The summed E-state index contributed by atoms with van der Waals surface area (Å²) in [5.74, 6) is 2.36. The van der Waals surface area contributed by atoms with Crippen molar-refractivity contribution in [3.63, 3.8) is 0 Å². The maximum Gasteiger partial charge on any atom is 0.0967 e. The lowest BCUT2D eigenvalue weighted by Crippen LogP contribution is -2.51. The molecular formula is C21H22N2. The van der Waals surface area contributed by atoms with E-state index in [9.17, 15) is 0 Å². The fourth-order valence-electron chi connectivity index (χ4n) is 5.11. The molecule has 3 fully saturated rings. The number of pyridine rings is 2. The third-order valence-electron chi connectivity index (χ3n) is 6.69. The molecule has 0 radical (unpaired) electrons. The molecule has 0 saturated heterocycles. The molecule has 0 amide bonds. The van der Waals surface area contributed by atoms with Crippen molar-refractivity contribution in [2.24, 2.45) is 17.3 Å². The molecule has 3 aromatic rings. The third kappa shape index (κ3) is 1.81. The lowest BCUT2D eigenvalue weighted by atomic mass is 9.45. The van der Waals surface area contributed by atoms with Crippen molar-refractivity contribution in [3.05, 3.63) is 48.3 Å². The van der Waals surface area contributed by atoms with Crippen molar-refractivity contribution < 1.29 is 0 Å². The van der Waals surface area contributed by atoms with Crippen LogP contribution in [0.1, 0.15) is 44.7 Å². The van der Waals surface area contributed by atoms with Crippen LogP contribution in [0.4, 0.5) is 0 Å². The average molecular weight is 302 g/mol. The van der Waals surface area contributed by atoms with Crippen LogP contribution in [0.25, 0.3) is 21.8 Å². The molecule has 2 heteroatoms. The highest BCUT2D eigenvalue weighted by Gasteiger charge is 2.54. The number of hydrogen-bond acceptors (Lipinski definition) is 2. The van der Waals surface area contributed by atoms with Gasteiger partial charge < -0.3 is 0 Å². The second-order valence-corrected chi connectivity index (χ2v) is 7.99. The van der Waals surface area contributed by atoms with E-state index in [-0.39, 0.29) is 0 Å². The van der Waals surface area contributed by atoms with Crippen molar-refractivity contribution >= 4 is 21.8 Å². The van der Waals surface area contributed by atoms with Gasteiger partial charge in [0, 0.05) is 28.6 Å². The van der Waals surface area contributed by atoms with Crippen molar-refractivity contribution in [2.75, 3.05) is 0 Å². The monoisotopic (exact) mass is 302 g/mol. The summed E-state index contributed by atoms with van der Waals surface area (Å²) in [5, 5.41) is 2.37.